The van der Waals surface area contributed by atoms with Gasteiger partial charge in [-0.25, -0.2) is 0 Å². The molecule has 0 atom stereocenters. The lowest BCUT2D eigenvalue weighted by molar-refractivity contribution is -0.354. The van der Waals surface area contributed by atoms with Gasteiger partial charge in [0.2, 0.25) is 0 Å². The Balaban J connectivity index is 2.85. The highest BCUT2D eigenvalue weighted by Crippen LogP contribution is 2.59. The zero-order valence-corrected chi connectivity index (χ0v) is 4.35. The van der Waals surface area contributed by atoms with Gasteiger partial charge in [-0.05, 0) is 0 Å². The molecule has 1 radical (unpaired) electrons. The van der Waals surface area contributed by atoms with Crippen molar-refractivity contribution in [3.63, 3.8) is 0 Å². The maximum absolute atomic E-state index is 11.6. The van der Waals surface area contributed by atoms with E-state index in [2.05, 4.69) is 0 Å². The first kappa shape index (κ1) is 7.68. The molecule has 0 aromatic rings. The molecule has 0 saturated heterocycles. The highest BCUT2D eigenvalue weighted by atomic mass is 19.4. The van der Waals surface area contributed by atoms with Crippen LogP contribution in [-0.4, -0.2) is 17.8 Å². The number of hydrogen-bond donors (Lipinski definition) is 0. The topological polar surface area (TPSA) is 0 Å². The van der Waals surface area contributed by atoms with E-state index in [1.807, 2.05) is 0 Å². The molecular formula is C4HF6. The first-order valence-electron chi connectivity index (χ1n) is 2.21. The van der Waals surface area contributed by atoms with Gasteiger partial charge in [-0.2, -0.15) is 26.3 Å². The summed E-state index contributed by atoms with van der Waals surface area (Å²) in [5.74, 6) is -14.5. The van der Waals surface area contributed by atoms with E-state index in [1.54, 1.807) is 0 Å². The lowest BCUT2D eigenvalue weighted by Gasteiger charge is -2.42. The second kappa shape index (κ2) is 1.43. The minimum absolute atomic E-state index is 0.958. The van der Waals surface area contributed by atoms with E-state index >= 15 is 0 Å². The van der Waals surface area contributed by atoms with Crippen molar-refractivity contribution in [1.82, 2.24) is 0 Å². The Labute approximate surface area is 51.8 Å². The van der Waals surface area contributed by atoms with Gasteiger partial charge in [0, 0.05) is 0 Å². The third-order valence-electron chi connectivity index (χ3n) is 1.20. The largest absolute Gasteiger partial charge is 0.373 e. The molecule has 0 aromatic carbocycles. The van der Waals surface area contributed by atoms with Crippen molar-refractivity contribution < 1.29 is 26.3 Å². The fourth-order valence-corrected chi connectivity index (χ4v) is 0.553. The molecule has 0 N–H and O–H groups in total. The smallest absolute Gasteiger partial charge is 0.199 e. The van der Waals surface area contributed by atoms with E-state index < -0.39 is 24.2 Å². The Hall–Kier alpha value is -0.420. The van der Waals surface area contributed by atoms with Crippen LogP contribution in [0.2, 0.25) is 0 Å². The number of hydrogen-bond acceptors (Lipinski definition) is 0. The summed E-state index contributed by atoms with van der Waals surface area (Å²) >= 11 is 0. The highest BCUT2D eigenvalue weighted by molar-refractivity contribution is 5.23. The van der Waals surface area contributed by atoms with E-state index in [1.165, 1.54) is 0 Å². The fraction of sp³-hybridized carbons (Fsp3) is 0.750. The van der Waals surface area contributed by atoms with Crippen LogP contribution in [0.25, 0.3) is 0 Å². The van der Waals surface area contributed by atoms with Crippen LogP contribution < -0.4 is 0 Å². The van der Waals surface area contributed by atoms with Gasteiger partial charge < -0.3 is 0 Å². The van der Waals surface area contributed by atoms with Gasteiger partial charge >= 0.3 is 17.8 Å². The summed E-state index contributed by atoms with van der Waals surface area (Å²) in [5.41, 5.74) is 0. The van der Waals surface area contributed by atoms with Crippen LogP contribution in [0.3, 0.4) is 0 Å². The van der Waals surface area contributed by atoms with Gasteiger partial charge in [0.1, 0.15) is 6.42 Å². The normalized spacial score (nSPS) is 33.0. The average Bonchev–Trinajstić information content (AvgIpc) is 1.61. The molecule has 59 valence electrons. The van der Waals surface area contributed by atoms with Crippen molar-refractivity contribution >= 4 is 0 Å². The van der Waals surface area contributed by atoms with Crippen LogP contribution in [-0.2, 0) is 0 Å². The molecule has 0 unspecified atom stereocenters. The molecule has 0 bridgehead atoms. The minimum atomic E-state index is -5.21. The van der Waals surface area contributed by atoms with Gasteiger partial charge in [0.25, 0.3) is 0 Å². The maximum Gasteiger partial charge on any atom is 0.373 e. The van der Waals surface area contributed by atoms with Crippen molar-refractivity contribution in [2.75, 3.05) is 0 Å². The third kappa shape index (κ3) is 0.590. The molecule has 10 heavy (non-hydrogen) atoms. The van der Waals surface area contributed by atoms with Crippen LogP contribution >= 0.6 is 0 Å². The second-order valence-electron chi connectivity index (χ2n) is 1.96. The summed E-state index contributed by atoms with van der Waals surface area (Å²) in [4.78, 5) is 0. The van der Waals surface area contributed by atoms with Gasteiger partial charge in [0.05, 0.1) is 0 Å². The molecule has 0 aliphatic heterocycles. The van der Waals surface area contributed by atoms with E-state index in [0.717, 1.165) is 0 Å². The zero-order chi connectivity index (χ0) is 8.21. The Morgan fingerprint density at radius 3 is 1.00 bits per heavy atom. The highest BCUT2D eigenvalue weighted by Gasteiger charge is 2.84. The van der Waals surface area contributed by atoms with Crippen LogP contribution in [0, 0.1) is 6.42 Å². The van der Waals surface area contributed by atoms with Crippen LogP contribution in [0.15, 0.2) is 0 Å². The number of alkyl halides is 6. The Kier molecular flexibility index (Phi) is 1.10. The Bertz CT molecular complexity index is 143. The average molecular weight is 163 g/mol. The van der Waals surface area contributed by atoms with Crippen molar-refractivity contribution in [3.8, 4) is 0 Å². The second-order valence-corrected chi connectivity index (χ2v) is 1.96. The lowest BCUT2D eigenvalue weighted by Crippen LogP contribution is -2.67. The van der Waals surface area contributed by atoms with Gasteiger partial charge in [0.15, 0.2) is 0 Å². The number of rotatable bonds is 0. The van der Waals surface area contributed by atoms with Crippen LogP contribution in [0.1, 0.15) is 0 Å². The monoisotopic (exact) mass is 163 g/mol. The molecule has 0 aromatic heterocycles. The Morgan fingerprint density at radius 2 is 1.00 bits per heavy atom. The van der Waals surface area contributed by atoms with Crippen molar-refractivity contribution in [3.05, 3.63) is 6.42 Å². The van der Waals surface area contributed by atoms with E-state index in [4.69, 9.17) is 0 Å². The van der Waals surface area contributed by atoms with Crippen LogP contribution in [0.4, 0.5) is 26.3 Å². The molecule has 6 heteroatoms. The van der Waals surface area contributed by atoms with Gasteiger partial charge in [-0.1, -0.05) is 0 Å². The molecular weight excluding hydrogens is 162 g/mol. The number of halogens is 6. The molecule has 1 rings (SSSR count). The summed E-state index contributed by atoms with van der Waals surface area (Å²) < 4.78 is 69.2. The first-order chi connectivity index (χ1) is 4.21. The van der Waals surface area contributed by atoms with Gasteiger partial charge in [-0.15, -0.1) is 0 Å². The molecule has 0 amide bonds. The van der Waals surface area contributed by atoms with Crippen molar-refractivity contribution in [1.29, 1.82) is 0 Å². The first-order valence-corrected chi connectivity index (χ1v) is 2.21. The Morgan fingerprint density at radius 1 is 0.700 bits per heavy atom. The molecule has 0 heterocycles. The summed E-state index contributed by atoms with van der Waals surface area (Å²) in [7, 11) is 0. The summed E-state index contributed by atoms with van der Waals surface area (Å²) in [6, 6.07) is 0. The van der Waals surface area contributed by atoms with E-state index in [0.29, 0.717) is 0 Å². The molecule has 1 saturated carbocycles. The quantitative estimate of drug-likeness (QED) is 0.479. The molecule has 0 nitrogen and oxygen atoms in total. The zero-order valence-electron chi connectivity index (χ0n) is 4.35. The summed E-state index contributed by atoms with van der Waals surface area (Å²) in [6.45, 7) is 0. The van der Waals surface area contributed by atoms with E-state index in [9.17, 15) is 26.3 Å². The van der Waals surface area contributed by atoms with Crippen molar-refractivity contribution in [2.24, 2.45) is 0 Å². The van der Waals surface area contributed by atoms with Crippen LogP contribution in [0.5, 0.6) is 0 Å². The lowest BCUT2D eigenvalue weighted by atomic mass is 9.84. The summed E-state index contributed by atoms with van der Waals surface area (Å²) in [6.07, 6.45) is -0.958. The van der Waals surface area contributed by atoms with Gasteiger partial charge in [-0.3, -0.25) is 0 Å². The predicted octanol–water partition coefficient (Wildman–Crippen LogP) is 2.11. The maximum atomic E-state index is 11.6. The third-order valence-corrected chi connectivity index (χ3v) is 1.20. The van der Waals surface area contributed by atoms with Crippen molar-refractivity contribution in [2.45, 2.75) is 17.8 Å². The molecule has 1 aliphatic rings. The molecule has 0 spiro atoms. The SMILES string of the molecule is FC1(F)[CH]C(F)(F)C1(F)F. The minimum Gasteiger partial charge on any atom is -0.199 e. The molecule has 1 aliphatic carbocycles. The predicted molar refractivity (Wildman–Crippen MR) is 19.1 cm³/mol. The van der Waals surface area contributed by atoms with E-state index in [-0.39, 0.29) is 0 Å². The summed E-state index contributed by atoms with van der Waals surface area (Å²) in [5, 5.41) is 0. The fourth-order valence-electron chi connectivity index (χ4n) is 0.553. The molecule has 1 fully saturated rings. The standard InChI is InChI=1S/C4HF6/c5-2(6)1-3(7,8)4(2,9)10/h1H.